The summed E-state index contributed by atoms with van der Waals surface area (Å²) in [5.41, 5.74) is 1.21. The topological polar surface area (TPSA) is 30.5 Å². The maximum absolute atomic E-state index is 5.59. The largest absolute Gasteiger partial charge is 0.497 e. The van der Waals surface area contributed by atoms with Crippen LogP contribution in [0.25, 0.3) is 0 Å². The first kappa shape index (κ1) is 11.4. The molecule has 0 bridgehead atoms. The highest BCUT2D eigenvalue weighted by molar-refractivity contribution is 5.29. The van der Waals surface area contributed by atoms with Crippen LogP contribution in [0.15, 0.2) is 24.3 Å². The van der Waals surface area contributed by atoms with Crippen molar-refractivity contribution in [3.8, 4) is 5.75 Å². The van der Waals surface area contributed by atoms with E-state index in [9.17, 15) is 0 Å². The first-order chi connectivity index (χ1) is 7.85. The third kappa shape index (κ3) is 2.36. The van der Waals surface area contributed by atoms with E-state index >= 15 is 0 Å². The molecule has 1 aliphatic rings. The van der Waals surface area contributed by atoms with Gasteiger partial charge in [0.05, 0.1) is 13.2 Å². The molecule has 2 atom stereocenters. The van der Waals surface area contributed by atoms with Crippen LogP contribution in [0.1, 0.15) is 24.5 Å². The van der Waals surface area contributed by atoms with Crippen LogP contribution in [0.4, 0.5) is 0 Å². The lowest BCUT2D eigenvalue weighted by atomic mass is 10.0. The van der Waals surface area contributed by atoms with Crippen LogP contribution in [0.2, 0.25) is 0 Å². The Balaban J connectivity index is 2.12. The molecule has 1 aliphatic heterocycles. The molecule has 88 valence electrons. The number of nitrogens with one attached hydrogen (secondary N) is 1. The summed E-state index contributed by atoms with van der Waals surface area (Å²) in [6.07, 6.45) is 2.57. The molecular formula is C13H19NO2. The summed E-state index contributed by atoms with van der Waals surface area (Å²) < 4.78 is 10.7. The highest BCUT2D eigenvalue weighted by atomic mass is 16.5. The molecule has 0 saturated carbocycles. The van der Waals surface area contributed by atoms with E-state index in [0.717, 1.165) is 12.3 Å². The quantitative estimate of drug-likeness (QED) is 0.845. The normalized spacial score (nSPS) is 22.0. The lowest BCUT2D eigenvalue weighted by molar-refractivity contribution is 0.0741. The average Bonchev–Trinajstić information content (AvgIpc) is 2.85. The molecule has 1 saturated heterocycles. The van der Waals surface area contributed by atoms with Crippen LogP contribution in [0.3, 0.4) is 0 Å². The summed E-state index contributed by atoms with van der Waals surface area (Å²) in [4.78, 5) is 0. The second kappa shape index (κ2) is 5.32. The summed E-state index contributed by atoms with van der Waals surface area (Å²) in [6, 6.07) is 8.56. The van der Waals surface area contributed by atoms with Crippen molar-refractivity contribution in [2.75, 3.05) is 20.8 Å². The first-order valence-electron chi connectivity index (χ1n) is 5.75. The molecule has 1 N–H and O–H groups in total. The van der Waals surface area contributed by atoms with Gasteiger partial charge in [-0.15, -0.1) is 0 Å². The van der Waals surface area contributed by atoms with Crippen molar-refractivity contribution < 1.29 is 9.47 Å². The van der Waals surface area contributed by atoms with E-state index in [2.05, 4.69) is 17.4 Å². The number of hydrogen-bond acceptors (Lipinski definition) is 3. The second-order valence-corrected chi connectivity index (χ2v) is 4.13. The zero-order chi connectivity index (χ0) is 11.4. The van der Waals surface area contributed by atoms with E-state index in [4.69, 9.17) is 9.47 Å². The van der Waals surface area contributed by atoms with Gasteiger partial charge in [-0.1, -0.05) is 12.1 Å². The molecular weight excluding hydrogens is 202 g/mol. The minimum atomic E-state index is 0.147. The Bertz CT molecular complexity index is 317. The number of rotatable bonds is 4. The van der Waals surface area contributed by atoms with Crippen LogP contribution in [-0.2, 0) is 4.74 Å². The van der Waals surface area contributed by atoms with Gasteiger partial charge in [0, 0.05) is 13.2 Å². The van der Waals surface area contributed by atoms with Gasteiger partial charge in [-0.2, -0.15) is 0 Å². The number of benzene rings is 1. The minimum absolute atomic E-state index is 0.147. The highest BCUT2D eigenvalue weighted by Crippen LogP contribution is 2.27. The number of hydrogen-bond donors (Lipinski definition) is 1. The van der Waals surface area contributed by atoms with Crippen molar-refractivity contribution >= 4 is 0 Å². The lowest BCUT2D eigenvalue weighted by Gasteiger charge is -2.22. The third-order valence-corrected chi connectivity index (χ3v) is 3.16. The predicted octanol–water partition coefficient (Wildman–Crippen LogP) is 2.13. The molecule has 16 heavy (non-hydrogen) atoms. The van der Waals surface area contributed by atoms with Gasteiger partial charge in [0.15, 0.2) is 0 Å². The maximum Gasteiger partial charge on any atom is 0.118 e. The standard InChI is InChI=1S/C13H19NO2/c1-15-11-7-5-10(6-8-11)13(16-2)12-4-3-9-14-12/h5-8,12-14H,3-4,9H2,1-2H3/t12-,13+/m0/s1. The summed E-state index contributed by atoms with van der Waals surface area (Å²) in [5, 5.41) is 3.48. The van der Waals surface area contributed by atoms with Gasteiger partial charge >= 0.3 is 0 Å². The average molecular weight is 221 g/mol. The van der Waals surface area contributed by atoms with Crippen LogP contribution in [0, 0.1) is 0 Å². The predicted molar refractivity (Wildman–Crippen MR) is 63.8 cm³/mol. The number of ether oxygens (including phenoxy) is 2. The smallest absolute Gasteiger partial charge is 0.118 e. The van der Waals surface area contributed by atoms with Crippen LogP contribution in [-0.4, -0.2) is 26.8 Å². The molecule has 2 rings (SSSR count). The van der Waals surface area contributed by atoms with Crippen molar-refractivity contribution in [3.63, 3.8) is 0 Å². The van der Waals surface area contributed by atoms with Crippen molar-refractivity contribution in [2.45, 2.75) is 25.0 Å². The maximum atomic E-state index is 5.59. The van der Waals surface area contributed by atoms with Gasteiger partial charge in [0.1, 0.15) is 5.75 Å². The van der Waals surface area contributed by atoms with E-state index in [1.165, 1.54) is 18.4 Å². The molecule has 1 aromatic carbocycles. The van der Waals surface area contributed by atoms with E-state index < -0.39 is 0 Å². The molecule has 3 nitrogen and oxygen atoms in total. The Hall–Kier alpha value is -1.06. The van der Waals surface area contributed by atoms with Crippen molar-refractivity contribution in [1.29, 1.82) is 0 Å². The van der Waals surface area contributed by atoms with Gasteiger partial charge in [-0.3, -0.25) is 0 Å². The van der Waals surface area contributed by atoms with Gasteiger partial charge in [0.2, 0.25) is 0 Å². The summed E-state index contributed by atoms with van der Waals surface area (Å²) in [7, 11) is 3.45. The molecule has 1 aromatic rings. The van der Waals surface area contributed by atoms with E-state index in [1.807, 2.05) is 12.1 Å². The SMILES string of the molecule is COc1ccc([C@@H](OC)[C@@H]2CCCN2)cc1. The molecule has 0 unspecified atom stereocenters. The molecule has 0 radical (unpaired) electrons. The van der Waals surface area contributed by atoms with Crippen molar-refractivity contribution in [1.82, 2.24) is 5.32 Å². The summed E-state index contributed by atoms with van der Waals surface area (Å²) in [6.45, 7) is 1.10. The van der Waals surface area contributed by atoms with E-state index in [0.29, 0.717) is 6.04 Å². The fraction of sp³-hybridized carbons (Fsp3) is 0.538. The monoisotopic (exact) mass is 221 g/mol. The molecule has 1 heterocycles. The highest BCUT2D eigenvalue weighted by Gasteiger charge is 2.25. The van der Waals surface area contributed by atoms with Gasteiger partial charge in [0.25, 0.3) is 0 Å². The van der Waals surface area contributed by atoms with Gasteiger partial charge in [-0.25, -0.2) is 0 Å². The molecule has 0 aliphatic carbocycles. The second-order valence-electron chi connectivity index (χ2n) is 4.13. The summed E-state index contributed by atoms with van der Waals surface area (Å²) >= 11 is 0. The van der Waals surface area contributed by atoms with E-state index in [1.54, 1.807) is 14.2 Å². The van der Waals surface area contributed by atoms with E-state index in [-0.39, 0.29) is 6.10 Å². The molecule has 0 amide bonds. The van der Waals surface area contributed by atoms with Crippen LogP contribution >= 0.6 is 0 Å². The molecule has 1 fully saturated rings. The third-order valence-electron chi connectivity index (χ3n) is 3.16. The fourth-order valence-corrected chi connectivity index (χ4v) is 2.30. The zero-order valence-corrected chi connectivity index (χ0v) is 9.90. The number of methoxy groups -OCH3 is 2. The Morgan fingerprint density at radius 3 is 2.50 bits per heavy atom. The van der Waals surface area contributed by atoms with Crippen molar-refractivity contribution in [3.05, 3.63) is 29.8 Å². The zero-order valence-electron chi connectivity index (χ0n) is 9.90. The Labute approximate surface area is 96.8 Å². The molecule has 3 heteroatoms. The Morgan fingerprint density at radius 2 is 2.00 bits per heavy atom. The Morgan fingerprint density at radius 1 is 1.25 bits per heavy atom. The molecule has 0 aromatic heterocycles. The van der Waals surface area contributed by atoms with Crippen LogP contribution < -0.4 is 10.1 Å². The van der Waals surface area contributed by atoms with Crippen molar-refractivity contribution in [2.24, 2.45) is 0 Å². The van der Waals surface area contributed by atoms with Gasteiger partial charge in [-0.05, 0) is 37.1 Å². The van der Waals surface area contributed by atoms with Crippen LogP contribution in [0.5, 0.6) is 5.75 Å². The first-order valence-corrected chi connectivity index (χ1v) is 5.75. The fourth-order valence-electron chi connectivity index (χ4n) is 2.30. The summed E-state index contributed by atoms with van der Waals surface area (Å²) in [5.74, 6) is 0.887. The Kier molecular flexibility index (Phi) is 3.80. The minimum Gasteiger partial charge on any atom is -0.497 e. The molecule has 0 spiro atoms. The lowest BCUT2D eigenvalue weighted by Crippen LogP contribution is -2.29. The van der Waals surface area contributed by atoms with Gasteiger partial charge < -0.3 is 14.8 Å².